The lowest BCUT2D eigenvalue weighted by molar-refractivity contribution is -0.121. The van der Waals surface area contributed by atoms with Gasteiger partial charge in [0.15, 0.2) is 0 Å². The van der Waals surface area contributed by atoms with Crippen LogP contribution in [0.1, 0.15) is 29.4 Å². The van der Waals surface area contributed by atoms with Gasteiger partial charge in [-0.3, -0.25) is 14.5 Å². The Morgan fingerprint density at radius 2 is 1.88 bits per heavy atom. The number of piperidine rings is 1. The Morgan fingerprint density at radius 3 is 2.50 bits per heavy atom. The van der Waals surface area contributed by atoms with Crippen LogP contribution in [-0.2, 0) is 4.79 Å². The first-order chi connectivity index (χ1) is 12.5. The molecular weight excluding hydrogens is 350 g/mol. The van der Waals surface area contributed by atoms with Crippen LogP contribution in [0.4, 0.5) is 11.4 Å². The molecule has 2 heterocycles. The number of likely N-dealkylation sites (tertiary alicyclic amines) is 1. The fourth-order valence-corrected chi connectivity index (χ4v) is 3.60. The zero-order valence-electron chi connectivity index (χ0n) is 14.6. The van der Waals surface area contributed by atoms with E-state index in [0.717, 1.165) is 19.4 Å². The third kappa shape index (κ3) is 4.69. The minimum Gasteiger partial charge on any atom is -0.392 e. The second-order valence-electron chi connectivity index (χ2n) is 6.46. The van der Waals surface area contributed by atoms with Gasteiger partial charge in [-0.15, -0.1) is 11.3 Å². The van der Waals surface area contributed by atoms with Crippen molar-refractivity contribution in [2.75, 3.05) is 23.7 Å². The van der Waals surface area contributed by atoms with Crippen molar-refractivity contribution in [3.8, 4) is 0 Å². The molecule has 3 rings (SSSR count). The number of thiophene rings is 1. The van der Waals surface area contributed by atoms with Gasteiger partial charge in [0.2, 0.25) is 5.91 Å². The highest BCUT2D eigenvalue weighted by atomic mass is 32.1. The molecule has 1 saturated heterocycles. The lowest BCUT2D eigenvalue weighted by Gasteiger charge is -2.33. The molecule has 0 saturated carbocycles. The summed E-state index contributed by atoms with van der Waals surface area (Å²) in [6.45, 7) is 3.20. The smallest absolute Gasteiger partial charge is 0.265 e. The number of benzene rings is 1. The monoisotopic (exact) mass is 373 g/mol. The van der Waals surface area contributed by atoms with Gasteiger partial charge in [0.25, 0.3) is 5.91 Å². The van der Waals surface area contributed by atoms with Gasteiger partial charge in [0, 0.05) is 17.9 Å². The van der Waals surface area contributed by atoms with Crippen LogP contribution in [0.3, 0.4) is 0 Å². The van der Waals surface area contributed by atoms with Gasteiger partial charge < -0.3 is 15.7 Å². The van der Waals surface area contributed by atoms with Crippen molar-refractivity contribution in [3.05, 3.63) is 46.7 Å². The van der Waals surface area contributed by atoms with E-state index in [0.29, 0.717) is 22.8 Å². The van der Waals surface area contributed by atoms with E-state index in [9.17, 15) is 14.7 Å². The molecule has 2 amide bonds. The molecule has 2 unspecified atom stereocenters. The molecule has 1 aromatic heterocycles. The molecule has 7 heteroatoms. The number of hydrogen-bond donors (Lipinski definition) is 3. The Bertz CT molecular complexity index is 746. The third-order valence-electron chi connectivity index (χ3n) is 4.51. The third-order valence-corrected chi connectivity index (χ3v) is 5.38. The van der Waals surface area contributed by atoms with Gasteiger partial charge in [-0.2, -0.15) is 0 Å². The number of rotatable bonds is 5. The maximum absolute atomic E-state index is 12.4. The standard InChI is InChI=1S/C19H23N3O3S/c1-13(22-10-2-4-16(23)12-22)18(24)20-14-6-8-15(9-7-14)21-19(25)17-5-3-11-26-17/h3,5-9,11,13,16,23H,2,4,10,12H2,1H3,(H,20,24)(H,21,25). The molecule has 1 aromatic carbocycles. The van der Waals surface area contributed by atoms with Crippen molar-refractivity contribution in [2.45, 2.75) is 31.9 Å². The summed E-state index contributed by atoms with van der Waals surface area (Å²) in [6.07, 6.45) is 1.34. The molecule has 3 N–H and O–H groups in total. The average Bonchev–Trinajstić information content (AvgIpc) is 3.17. The number of carbonyl (C=O) groups excluding carboxylic acids is 2. The van der Waals surface area contributed by atoms with Gasteiger partial charge >= 0.3 is 0 Å². The first-order valence-electron chi connectivity index (χ1n) is 8.71. The number of β-amino-alcohol motifs (C(OH)–C–C–N with tert-alkyl or cyclic N) is 1. The summed E-state index contributed by atoms with van der Waals surface area (Å²) >= 11 is 1.39. The second-order valence-corrected chi connectivity index (χ2v) is 7.41. The molecule has 26 heavy (non-hydrogen) atoms. The van der Waals surface area contributed by atoms with Gasteiger partial charge in [-0.25, -0.2) is 0 Å². The van der Waals surface area contributed by atoms with Crippen LogP contribution in [0.15, 0.2) is 41.8 Å². The largest absolute Gasteiger partial charge is 0.392 e. The van der Waals surface area contributed by atoms with Gasteiger partial charge in [-0.1, -0.05) is 6.07 Å². The fourth-order valence-electron chi connectivity index (χ4n) is 2.98. The van der Waals surface area contributed by atoms with Crippen LogP contribution in [-0.4, -0.2) is 47.1 Å². The summed E-state index contributed by atoms with van der Waals surface area (Å²) < 4.78 is 0. The minimum atomic E-state index is -0.356. The Labute approximate surface area is 156 Å². The Morgan fingerprint density at radius 1 is 1.19 bits per heavy atom. The number of carbonyl (C=O) groups is 2. The van der Waals surface area contributed by atoms with Crippen LogP contribution < -0.4 is 10.6 Å². The molecular formula is C19H23N3O3S. The number of aliphatic hydroxyl groups excluding tert-OH is 1. The van der Waals surface area contributed by atoms with Gasteiger partial charge in [-0.05, 0) is 62.0 Å². The summed E-state index contributed by atoms with van der Waals surface area (Å²) in [7, 11) is 0. The van der Waals surface area contributed by atoms with E-state index in [1.807, 2.05) is 23.3 Å². The predicted octanol–water partition coefficient (Wildman–Crippen LogP) is 2.78. The highest BCUT2D eigenvalue weighted by molar-refractivity contribution is 7.12. The van der Waals surface area contributed by atoms with E-state index >= 15 is 0 Å². The number of aliphatic hydroxyl groups is 1. The highest BCUT2D eigenvalue weighted by Gasteiger charge is 2.26. The summed E-state index contributed by atoms with van der Waals surface area (Å²) in [6, 6.07) is 10.4. The minimum absolute atomic E-state index is 0.102. The fraction of sp³-hybridized carbons (Fsp3) is 0.368. The number of amides is 2. The van der Waals surface area contributed by atoms with E-state index in [1.54, 1.807) is 30.3 Å². The number of hydrogen-bond acceptors (Lipinski definition) is 5. The zero-order chi connectivity index (χ0) is 18.5. The van der Waals surface area contributed by atoms with Crippen LogP contribution in [0.25, 0.3) is 0 Å². The quantitative estimate of drug-likeness (QED) is 0.753. The first-order valence-corrected chi connectivity index (χ1v) is 9.59. The molecule has 0 radical (unpaired) electrons. The molecule has 6 nitrogen and oxygen atoms in total. The summed E-state index contributed by atoms with van der Waals surface area (Å²) in [5.41, 5.74) is 1.35. The number of anilines is 2. The molecule has 1 aliphatic rings. The Hall–Kier alpha value is -2.22. The van der Waals surface area contributed by atoms with Crippen molar-refractivity contribution in [1.29, 1.82) is 0 Å². The molecule has 138 valence electrons. The summed E-state index contributed by atoms with van der Waals surface area (Å²) in [4.78, 5) is 27.1. The average molecular weight is 373 g/mol. The van der Waals surface area contributed by atoms with Crippen molar-refractivity contribution in [3.63, 3.8) is 0 Å². The number of nitrogens with zero attached hydrogens (tertiary/aromatic N) is 1. The maximum Gasteiger partial charge on any atom is 0.265 e. The molecule has 0 aliphatic carbocycles. The zero-order valence-corrected chi connectivity index (χ0v) is 15.5. The van der Waals surface area contributed by atoms with E-state index in [1.165, 1.54) is 11.3 Å². The van der Waals surface area contributed by atoms with E-state index in [2.05, 4.69) is 10.6 Å². The van der Waals surface area contributed by atoms with Crippen molar-refractivity contribution in [2.24, 2.45) is 0 Å². The molecule has 1 aliphatic heterocycles. The number of nitrogens with one attached hydrogen (secondary N) is 2. The maximum atomic E-state index is 12.4. The lowest BCUT2D eigenvalue weighted by Crippen LogP contribution is -2.48. The van der Waals surface area contributed by atoms with Crippen LogP contribution >= 0.6 is 11.3 Å². The SMILES string of the molecule is CC(C(=O)Nc1ccc(NC(=O)c2cccs2)cc1)N1CCCC(O)C1. The molecule has 2 aromatic rings. The van der Waals surface area contributed by atoms with Crippen molar-refractivity contribution >= 4 is 34.5 Å². The Balaban J connectivity index is 1.55. The lowest BCUT2D eigenvalue weighted by atomic mass is 10.1. The Kier molecular flexibility index (Phi) is 6.03. The van der Waals surface area contributed by atoms with E-state index in [4.69, 9.17) is 0 Å². The van der Waals surface area contributed by atoms with Crippen LogP contribution in [0, 0.1) is 0 Å². The normalized spacial score (nSPS) is 18.9. The van der Waals surface area contributed by atoms with Gasteiger partial charge in [0.05, 0.1) is 17.0 Å². The first kappa shape index (κ1) is 18.6. The topological polar surface area (TPSA) is 81.7 Å². The molecule has 0 spiro atoms. The molecule has 1 fully saturated rings. The van der Waals surface area contributed by atoms with Crippen LogP contribution in [0.2, 0.25) is 0 Å². The highest BCUT2D eigenvalue weighted by Crippen LogP contribution is 2.18. The summed E-state index contributed by atoms with van der Waals surface area (Å²) in [5, 5.41) is 17.3. The second kappa shape index (κ2) is 8.44. The summed E-state index contributed by atoms with van der Waals surface area (Å²) in [5.74, 6) is -0.247. The van der Waals surface area contributed by atoms with E-state index in [-0.39, 0.29) is 24.0 Å². The van der Waals surface area contributed by atoms with Crippen LogP contribution in [0.5, 0.6) is 0 Å². The van der Waals surface area contributed by atoms with Crippen molar-refractivity contribution < 1.29 is 14.7 Å². The van der Waals surface area contributed by atoms with E-state index < -0.39 is 0 Å². The molecule has 0 bridgehead atoms. The van der Waals surface area contributed by atoms with Crippen molar-refractivity contribution in [1.82, 2.24) is 4.90 Å². The van der Waals surface area contributed by atoms with Gasteiger partial charge in [0.1, 0.15) is 0 Å². The predicted molar refractivity (Wildman–Crippen MR) is 104 cm³/mol. The molecule has 2 atom stereocenters.